The van der Waals surface area contributed by atoms with Gasteiger partial charge in [-0.1, -0.05) is 6.08 Å². The van der Waals surface area contributed by atoms with Gasteiger partial charge in [0, 0.05) is 38.4 Å². The average molecular weight is 321 g/mol. The molecule has 0 spiro atoms. The van der Waals surface area contributed by atoms with Gasteiger partial charge in [0.1, 0.15) is 0 Å². The van der Waals surface area contributed by atoms with Crippen LogP contribution in [0.5, 0.6) is 0 Å². The summed E-state index contributed by atoms with van der Waals surface area (Å²) < 4.78 is 26.3. The van der Waals surface area contributed by atoms with E-state index in [4.69, 9.17) is 5.21 Å². The van der Waals surface area contributed by atoms with E-state index in [9.17, 15) is 8.42 Å². The molecule has 0 aliphatic rings. The average Bonchev–Trinajstić information content (AvgIpc) is 2.97. The molecule has 0 aliphatic heterocycles. The van der Waals surface area contributed by atoms with E-state index >= 15 is 0 Å². The molecule has 1 aromatic heterocycles. The molecule has 118 valence electrons. The second-order valence-electron chi connectivity index (χ2n) is 4.98. The van der Waals surface area contributed by atoms with Crippen LogP contribution in [0.2, 0.25) is 0 Å². The Balaban J connectivity index is 2.24. The van der Waals surface area contributed by atoms with Crippen LogP contribution in [0.25, 0.3) is 0 Å². The number of rotatable bonds is 6. The van der Waals surface area contributed by atoms with Crippen molar-refractivity contribution >= 4 is 15.7 Å². The zero-order chi connectivity index (χ0) is 16.2. The lowest BCUT2D eigenvalue weighted by Crippen LogP contribution is -2.12. The SMILES string of the molecule is CN(C)c1ccc(S(=O)(=O)n2ccc(C/C=C/NO)c2)cc1. The van der Waals surface area contributed by atoms with Gasteiger partial charge in [0.2, 0.25) is 0 Å². The first-order chi connectivity index (χ1) is 10.4. The zero-order valence-electron chi connectivity index (χ0n) is 12.5. The van der Waals surface area contributed by atoms with Crippen LogP contribution in [-0.2, 0) is 16.4 Å². The third-order valence-electron chi connectivity index (χ3n) is 3.20. The Morgan fingerprint density at radius 2 is 1.91 bits per heavy atom. The summed E-state index contributed by atoms with van der Waals surface area (Å²) in [4.78, 5) is 2.15. The van der Waals surface area contributed by atoms with Crippen molar-refractivity contribution in [3.63, 3.8) is 0 Å². The van der Waals surface area contributed by atoms with Crippen molar-refractivity contribution in [1.29, 1.82) is 0 Å². The maximum absolute atomic E-state index is 12.5. The van der Waals surface area contributed by atoms with E-state index in [2.05, 4.69) is 0 Å². The highest BCUT2D eigenvalue weighted by Gasteiger charge is 2.16. The first-order valence-electron chi connectivity index (χ1n) is 6.69. The molecule has 0 amide bonds. The summed E-state index contributed by atoms with van der Waals surface area (Å²) in [5, 5.41) is 8.45. The van der Waals surface area contributed by atoms with E-state index in [0.717, 1.165) is 11.3 Å². The number of benzene rings is 1. The second kappa shape index (κ2) is 6.67. The molecule has 0 bridgehead atoms. The molecule has 1 aromatic carbocycles. The number of allylic oxidation sites excluding steroid dienone is 1. The van der Waals surface area contributed by atoms with Gasteiger partial charge in [-0.15, -0.1) is 0 Å². The van der Waals surface area contributed by atoms with Crippen LogP contribution >= 0.6 is 0 Å². The molecular weight excluding hydrogens is 302 g/mol. The summed E-state index contributed by atoms with van der Waals surface area (Å²) in [5.41, 5.74) is 3.68. The van der Waals surface area contributed by atoms with Crippen molar-refractivity contribution in [2.75, 3.05) is 19.0 Å². The van der Waals surface area contributed by atoms with Gasteiger partial charge in [-0.05, 0) is 42.3 Å². The summed E-state index contributed by atoms with van der Waals surface area (Å²) in [7, 11) is 0.216. The lowest BCUT2D eigenvalue weighted by Gasteiger charge is -2.13. The molecule has 1 heterocycles. The van der Waals surface area contributed by atoms with Gasteiger partial charge in [-0.2, -0.15) is 0 Å². The summed E-state index contributed by atoms with van der Waals surface area (Å²) in [6.07, 6.45) is 6.68. The van der Waals surface area contributed by atoms with Crippen LogP contribution in [-0.4, -0.2) is 31.7 Å². The summed E-state index contributed by atoms with van der Waals surface area (Å²) in [6, 6.07) is 8.47. The maximum atomic E-state index is 12.5. The van der Waals surface area contributed by atoms with Crippen molar-refractivity contribution < 1.29 is 13.6 Å². The van der Waals surface area contributed by atoms with Crippen molar-refractivity contribution in [1.82, 2.24) is 9.45 Å². The monoisotopic (exact) mass is 321 g/mol. The van der Waals surface area contributed by atoms with Gasteiger partial charge < -0.3 is 4.90 Å². The van der Waals surface area contributed by atoms with Gasteiger partial charge in [-0.3, -0.25) is 10.7 Å². The van der Waals surface area contributed by atoms with Gasteiger partial charge in [0.15, 0.2) is 0 Å². The van der Waals surface area contributed by atoms with E-state index in [1.165, 1.54) is 16.4 Å². The molecular formula is C15H19N3O3S. The highest BCUT2D eigenvalue weighted by molar-refractivity contribution is 7.90. The Hall–Kier alpha value is -2.25. The van der Waals surface area contributed by atoms with E-state index < -0.39 is 10.0 Å². The Morgan fingerprint density at radius 3 is 2.50 bits per heavy atom. The third-order valence-corrected chi connectivity index (χ3v) is 4.85. The van der Waals surface area contributed by atoms with E-state index in [1.54, 1.807) is 42.6 Å². The lowest BCUT2D eigenvalue weighted by atomic mass is 10.2. The third kappa shape index (κ3) is 3.49. The predicted octanol–water partition coefficient (Wildman–Crippen LogP) is 1.83. The molecule has 0 saturated heterocycles. The quantitative estimate of drug-likeness (QED) is 0.794. The van der Waals surface area contributed by atoms with Gasteiger partial charge in [0.05, 0.1) is 4.90 Å². The minimum Gasteiger partial charge on any atom is -0.378 e. The molecule has 0 aliphatic carbocycles. The fraction of sp³-hybridized carbons (Fsp3) is 0.200. The van der Waals surface area contributed by atoms with Crippen molar-refractivity contribution in [2.24, 2.45) is 0 Å². The van der Waals surface area contributed by atoms with Crippen molar-refractivity contribution in [2.45, 2.75) is 11.3 Å². The lowest BCUT2D eigenvalue weighted by molar-refractivity contribution is 0.214. The topological polar surface area (TPSA) is 74.6 Å². The second-order valence-corrected chi connectivity index (χ2v) is 6.82. The minimum absolute atomic E-state index is 0.243. The van der Waals surface area contributed by atoms with Crippen molar-refractivity contribution in [3.8, 4) is 0 Å². The predicted molar refractivity (Wildman–Crippen MR) is 85.6 cm³/mol. The summed E-state index contributed by atoms with van der Waals surface area (Å²) in [6.45, 7) is 0. The van der Waals surface area contributed by atoms with E-state index in [-0.39, 0.29) is 4.90 Å². The number of nitrogens with zero attached hydrogens (tertiary/aromatic N) is 2. The normalized spacial score (nSPS) is 11.8. The Labute approximate surface area is 130 Å². The largest absolute Gasteiger partial charge is 0.378 e. The van der Waals surface area contributed by atoms with Crippen LogP contribution in [0, 0.1) is 0 Å². The van der Waals surface area contributed by atoms with E-state index in [0.29, 0.717) is 6.42 Å². The van der Waals surface area contributed by atoms with Gasteiger partial charge >= 0.3 is 0 Å². The van der Waals surface area contributed by atoms with Crippen LogP contribution in [0.4, 0.5) is 5.69 Å². The molecule has 2 rings (SSSR count). The molecule has 2 aromatic rings. The van der Waals surface area contributed by atoms with Crippen LogP contribution in [0.1, 0.15) is 5.56 Å². The maximum Gasteiger partial charge on any atom is 0.267 e. The summed E-state index contributed by atoms with van der Waals surface area (Å²) >= 11 is 0. The number of aromatic nitrogens is 1. The molecule has 22 heavy (non-hydrogen) atoms. The highest BCUT2D eigenvalue weighted by Crippen LogP contribution is 2.19. The fourth-order valence-corrected chi connectivity index (χ4v) is 3.19. The first kappa shape index (κ1) is 16.1. The van der Waals surface area contributed by atoms with Gasteiger partial charge in [-0.25, -0.2) is 12.4 Å². The first-order valence-corrected chi connectivity index (χ1v) is 8.13. The molecule has 6 nitrogen and oxygen atoms in total. The number of anilines is 1. The molecule has 7 heteroatoms. The standard InChI is InChI=1S/C15H19N3O3S/c1-17(2)14-5-7-15(8-6-14)22(20,21)18-11-9-13(12-18)4-3-10-16-19/h3,5-12,16,19H,4H2,1-2H3/b10-3+. The van der Waals surface area contributed by atoms with Crippen LogP contribution in [0.15, 0.2) is 59.9 Å². The molecule has 0 unspecified atom stereocenters. The van der Waals surface area contributed by atoms with Gasteiger partial charge in [0.25, 0.3) is 10.0 Å². The van der Waals surface area contributed by atoms with Crippen molar-refractivity contribution in [3.05, 3.63) is 60.6 Å². The molecule has 0 fully saturated rings. The molecule has 0 saturated carbocycles. The number of nitrogens with one attached hydrogen (secondary N) is 1. The van der Waals surface area contributed by atoms with Crippen LogP contribution in [0.3, 0.4) is 0 Å². The van der Waals surface area contributed by atoms with Crippen LogP contribution < -0.4 is 10.4 Å². The Morgan fingerprint density at radius 1 is 1.23 bits per heavy atom. The number of hydrogen-bond donors (Lipinski definition) is 2. The minimum atomic E-state index is -3.58. The molecule has 0 radical (unpaired) electrons. The zero-order valence-corrected chi connectivity index (χ0v) is 13.3. The van der Waals surface area contributed by atoms with E-state index in [1.807, 2.05) is 24.5 Å². The fourth-order valence-electron chi connectivity index (χ4n) is 1.97. The number of hydrogen-bond acceptors (Lipinski definition) is 5. The molecule has 2 N–H and O–H groups in total. The number of hydroxylamine groups is 1. The Kier molecular flexibility index (Phi) is 4.89. The Bertz CT molecular complexity index is 747. The highest BCUT2D eigenvalue weighted by atomic mass is 32.2. The summed E-state index contributed by atoms with van der Waals surface area (Å²) in [5.74, 6) is 0. The smallest absolute Gasteiger partial charge is 0.267 e. The molecule has 0 atom stereocenters.